The number of nitrogens with zero attached hydrogens (tertiary/aromatic N) is 1. The summed E-state index contributed by atoms with van der Waals surface area (Å²) >= 11 is 0. The Labute approximate surface area is 137 Å². The minimum Gasteiger partial charge on any atom is -0.355 e. The molecule has 0 saturated carbocycles. The zero-order valence-corrected chi connectivity index (χ0v) is 13.8. The highest BCUT2D eigenvalue weighted by molar-refractivity contribution is 5.78. The van der Waals surface area contributed by atoms with E-state index in [0.717, 1.165) is 32.4 Å². The largest absolute Gasteiger partial charge is 0.355 e. The van der Waals surface area contributed by atoms with Crippen LogP contribution in [0.2, 0.25) is 0 Å². The summed E-state index contributed by atoms with van der Waals surface area (Å²) in [4.78, 5) is 14.3. The zero-order valence-electron chi connectivity index (χ0n) is 13.8. The van der Waals surface area contributed by atoms with Crippen LogP contribution in [0, 0.1) is 6.92 Å². The fourth-order valence-corrected chi connectivity index (χ4v) is 3.32. The van der Waals surface area contributed by atoms with Crippen LogP contribution in [-0.2, 0) is 20.7 Å². The molecule has 126 valence electrons. The summed E-state index contributed by atoms with van der Waals surface area (Å²) < 4.78 is 11.4. The van der Waals surface area contributed by atoms with Crippen LogP contribution >= 0.6 is 0 Å². The lowest BCUT2D eigenvalue weighted by molar-refractivity contribution is -0.185. The van der Waals surface area contributed by atoms with Crippen LogP contribution < -0.4 is 5.32 Å². The van der Waals surface area contributed by atoms with Crippen molar-refractivity contribution in [3.05, 3.63) is 35.4 Å². The van der Waals surface area contributed by atoms with E-state index < -0.39 is 0 Å². The topological polar surface area (TPSA) is 50.8 Å². The van der Waals surface area contributed by atoms with Gasteiger partial charge in [0.2, 0.25) is 5.91 Å². The highest BCUT2D eigenvalue weighted by atomic mass is 16.7. The van der Waals surface area contributed by atoms with Gasteiger partial charge in [-0.2, -0.15) is 0 Å². The quantitative estimate of drug-likeness (QED) is 0.894. The molecule has 1 N–H and O–H groups in total. The van der Waals surface area contributed by atoms with Gasteiger partial charge in [0, 0.05) is 32.5 Å². The van der Waals surface area contributed by atoms with E-state index in [1.807, 2.05) is 12.1 Å². The Bertz CT molecular complexity index is 531. The number of nitrogens with one attached hydrogen (secondary N) is 1. The minimum atomic E-state index is -0.363. The van der Waals surface area contributed by atoms with Crippen LogP contribution in [-0.4, -0.2) is 56.0 Å². The average molecular weight is 318 g/mol. The maximum absolute atomic E-state index is 12.1. The van der Waals surface area contributed by atoms with E-state index in [1.165, 1.54) is 11.1 Å². The highest BCUT2D eigenvalue weighted by Gasteiger charge is 2.39. The normalized spacial score (nSPS) is 20.7. The first kappa shape index (κ1) is 16.4. The van der Waals surface area contributed by atoms with Crippen molar-refractivity contribution in [2.24, 2.45) is 0 Å². The molecular weight excluding hydrogens is 292 g/mol. The molecule has 3 rings (SSSR count). The molecule has 1 aromatic rings. The van der Waals surface area contributed by atoms with Crippen LogP contribution in [0.15, 0.2) is 24.3 Å². The third kappa shape index (κ3) is 4.31. The monoisotopic (exact) mass is 318 g/mol. The van der Waals surface area contributed by atoms with Crippen LogP contribution in [0.3, 0.4) is 0 Å². The highest BCUT2D eigenvalue weighted by Crippen LogP contribution is 2.30. The maximum Gasteiger partial charge on any atom is 0.234 e. The molecule has 1 spiro atoms. The van der Waals surface area contributed by atoms with Crippen molar-refractivity contribution in [1.82, 2.24) is 10.2 Å². The number of benzene rings is 1. The molecule has 23 heavy (non-hydrogen) atoms. The smallest absolute Gasteiger partial charge is 0.234 e. The summed E-state index contributed by atoms with van der Waals surface area (Å²) in [6.45, 7) is 6.35. The molecule has 2 fully saturated rings. The van der Waals surface area contributed by atoms with Gasteiger partial charge < -0.3 is 14.8 Å². The summed E-state index contributed by atoms with van der Waals surface area (Å²) in [6.07, 6.45) is 2.58. The predicted molar refractivity (Wildman–Crippen MR) is 88.2 cm³/mol. The van der Waals surface area contributed by atoms with E-state index in [1.54, 1.807) is 0 Å². The predicted octanol–water partition coefficient (Wildman–Crippen LogP) is 1.49. The van der Waals surface area contributed by atoms with Crippen molar-refractivity contribution >= 4 is 5.91 Å². The van der Waals surface area contributed by atoms with Crippen molar-refractivity contribution in [3.8, 4) is 0 Å². The number of aryl methyl sites for hydroxylation is 1. The van der Waals surface area contributed by atoms with Crippen molar-refractivity contribution in [3.63, 3.8) is 0 Å². The molecule has 1 amide bonds. The number of carbonyl (C=O) groups excluding carboxylic acids is 1. The zero-order chi connectivity index (χ0) is 16.1. The lowest BCUT2D eigenvalue weighted by Crippen LogP contribution is -2.48. The van der Waals surface area contributed by atoms with Crippen molar-refractivity contribution in [2.45, 2.75) is 32.0 Å². The first-order valence-corrected chi connectivity index (χ1v) is 8.48. The second-order valence-electron chi connectivity index (χ2n) is 6.41. The molecule has 0 aromatic heterocycles. The molecule has 2 heterocycles. The summed E-state index contributed by atoms with van der Waals surface area (Å²) in [5.74, 6) is -0.263. The van der Waals surface area contributed by atoms with E-state index in [0.29, 0.717) is 26.3 Å². The first-order valence-electron chi connectivity index (χ1n) is 8.48. The van der Waals surface area contributed by atoms with Gasteiger partial charge in [0.15, 0.2) is 5.79 Å². The molecule has 2 aliphatic heterocycles. The molecule has 0 radical (unpaired) electrons. The molecule has 0 atom stereocenters. The number of piperidine rings is 1. The summed E-state index contributed by atoms with van der Waals surface area (Å²) in [6, 6.07) is 8.31. The second kappa shape index (κ2) is 7.43. The maximum atomic E-state index is 12.1. The molecule has 1 aromatic carbocycles. The van der Waals surface area contributed by atoms with Gasteiger partial charge in [0.1, 0.15) is 0 Å². The van der Waals surface area contributed by atoms with Crippen molar-refractivity contribution in [1.29, 1.82) is 0 Å². The van der Waals surface area contributed by atoms with E-state index in [-0.39, 0.29) is 11.7 Å². The lowest BCUT2D eigenvalue weighted by atomic mass is 10.0. The van der Waals surface area contributed by atoms with Crippen molar-refractivity contribution in [2.75, 3.05) is 39.4 Å². The number of rotatable bonds is 5. The van der Waals surface area contributed by atoms with Crippen LogP contribution in [0.1, 0.15) is 24.0 Å². The molecular formula is C18H26N2O3. The first-order chi connectivity index (χ1) is 11.2. The standard InChI is InChI=1S/C18H26N2O3/c1-15-4-2-3-5-16(15)6-9-19-17(21)14-20-10-7-18(8-11-20)22-12-13-23-18/h2-5H,6-14H2,1H3,(H,19,21). The molecule has 5 heteroatoms. The number of hydrogen-bond donors (Lipinski definition) is 1. The van der Waals surface area contributed by atoms with E-state index in [4.69, 9.17) is 9.47 Å². The SMILES string of the molecule is Cc1ccccc1CCNC(=O)CN1CCC2(CC1)OCCO2. The van der Waals surface area contributed by atoms with Gasteiger partial charge in [-0.3, -0.25) is 9.69 Å². The van der Waals surface area contributed by atoms with Gasteiger partial charge in [-0.25, -0.2) is 0 Å². The van der Waals surface area contributed by atoms with Crippen LogP contribution in [0.4, 0.5) is 0 Å². The number of amides is 1. The average Bonchev–Trinajstić information content (AvgIpc) is 3.00. The lowest BCUT2D eigenvalue weighted by Gasteiger charge is -2.37. The fourth-order valence-electron chi connectivity index (χ4n) is 3.32. The third-order valence-corrected chi connectivity index (χ3v) is 4.78. The Morgan fingerprint density at radius 2 is 1.91 bits per heavy atom. The number of carbonyl (C=O) groups is 1. The number of likely N-dealkylation sites (tertiary alicyclic amines) is 1. The van der Waals surface area contributed by atoms with E-state index >= 15 is 0 Å². The van der Waals surface area contributed by atoms with Crippen LogP contribution in [0.5, 0.6) is 0 Å². The Kier molecular flexibility index (Phi) is 5.30. The third-order valence-electron chi connectivity index (χ3n) is 4.78. The number of hydrogen-bond acceptors (Lipinski definition) is 4. The van der Waals surface area contributed by atoms with E-state index in [9.17, 15) is 4.79 Å². The summed E-state index contributed by atoms with van der Waals surface area (Å²) in [5.41, 5.74) is 2.57. The Balaban J connectivity index is 1.36. The Hall–Kier alpha value is -1.43. The number of ether oxygens (including phenoxy) is 2. The Morgan fingerprint density at radius 1 is 1.22 bits per heavy atom. The Morgan fingerprint density at radius 3 is 2.61 bits per heavy atom. The summed E-state index contributed by atoms with van der Waals surface area (Å²) in [5, 5.41) is 3.02. The van der Waals surface area contributed by atoms with Gasteiger partial charge in [0.05, 0.1) is 19.8 Å². The van der Waals surface area contributed by atoms with E-state index in [2.05, 4.69) is 29.3 Å². The minimum absolute atomic E-state index is 0.0998. The molecule has 0 aliphatic carbocycles. The van der Waals surface area contributed by atoms with Gasteiger partial charge in [-0.15, -0.1) is 0 Å². The molecule has 0 unspecified atom stereocenters. The second-order valence-corrected chi connectivity index (χ2v) is 6.41. The van der Waals surface area contributed by atoms with Gasteiger partial charge in [0.25, 0.3) is 0 Å². The molecule has 2 aliphatic rings. The van der Waals surface area contributed by atoms with Crippen LogP contribution in [0.25, 0.3) is 0 Å². The van der Waals surface area contributed by atoms with Gasteiger partial charge in [-0.05, 0) is 24.5 Å². The fraction of sp³-hybridized carbons (Fsp3) is 0.611. The molecule has 5 nitrogen and oxygen atoms in total. The van der Waals surface area contributed by atoms with Gasteiger partial charge in [-0.1, -0.05) is 24.3 Å². The van der Waals surface area contributed by atoms with Gasteiger partial charge >= 0.3 is 0 Å². The molecule has 2 saturated heterocycles. The molecule has 0 bridgehead atoms. The van der Waals surface area contributed by atoms with Crippen molar-refractivity contribution < 1.29 is 14.3 Å². The summed E-state index contributed by atoms with van der Waals surface area (Å²) in [7, 11) is 0.